The van der Waals surface area contributed by atoms with Crippen LogP contribution in [0.2, 0.25) is 0 Å². The van der Waals surface area contributed by atoms with Gasteiger partial charge in [0.2, 0.25) is 0 Å². The molecule has 0 amide bonds. The van der Waals surface area contributed by atoms with Crippen LogP contribution in [0.3, 0.4) is 0 Å². The first-order valence-corrected chi connectivity index (χ1v) is 22.0. The summed E-state index contributed by atoms with van der Waals surface area (Å²) >= 11 is 0. The molecule has 4 heteroatoms. The fraction of sp³-hybridized carbons (Fsp3) is 0.133. The van der Waals surface area contributed by atoms with Crippen molar-refractivity contribution in [3.05, 3.63) is 198 Å². The molecule has 64 heavy (non-hydrogen) atoms. The van der Waals surface area contributed by atoms with Crippen molar-refractivity contribution in [2.24, 2.45) is 0 Å². The Bertz CT molecular complexity index is 3550. The van der Waals surface area contributed by atoms with E-state index in [0.29, 0.717) is 11.3 Å². The summed E-state index contributed by atoms with van der Waals surface area (Å²) in [5, 5.41) is 19.6. The molecule has 0 spiro atoms. The van der Waals surface area contributed by atoms with Gasteiger partial charge in [-0.2, -0.15) is 5.26 Å². The molecule has 306 valence electrons. The van der Waals surface area contributed by atoms with Crippen LogP contribution in [0.4, 0.5) is 5.69 Å². The third-order valence-electron chi connectivity index (χ3n) is 13.1. The van der Waals surface area contributed by atoms with Gasteiger partial charge in [-0.15, -0.1) is 0 Å². The maximum atomic E-state index is 9.84. The first-order valence-electron chi connectivity index (χ1n) is 22.0. The highest BCUT2D eigenvalue weighted by Crippen LogP contribution is 2.47. The summed E-state index contributed by atoms with van der Waals surface area (Å²) in [5.74, 6) is 0. The van der Waals surface area contributed by atoms with Gasteiger partial charge in [0, 0.05) is 38.4 Å². The first-order chi connectivity index (χ1) is 30.9. The molecule has 0 saturated carbocycles. The van der Waals surface area contributed by atoms with Gasteiger partial charge in [0.15, 0.2) is 5.69 Å². The number of hydrogen-bond donors (Lipinski definition) is 0. The Morgan fingerprint density at radius 3 is 1.20 bits per heavy atom. The van der Waals surface area contributed by atoms with Gasteiger partial charge in [0.25, 0.3) is 0 Å². The van der Waals surface area contributed by atoms with E-state index in [2.05, 4.69) is 195 Å². The molecular formula is C60H46N4. The van der Waals surface area contributed by atoms with E-state index in [-0.39, 0.29) is 10.8 Å². The molecule has 0 unspecified atom stereocenters. The maximum Gasteiger partial charge on any atom is 0.189 e. The predicted octanol–water partition coefficient (Wildman–Crippen LogP) is 16.5. The van der Waals surface area contributed by atoms with Gasteiger partial charge >= 0.3 is 0 Å². The van der Waals surface area contributed by atoms with Crippen molar-refractivity contribution in [1.82, 2.24) is 9.13 Å². The van der Waals surface area contributed by atoms with E-state index in [9.17, 15) is 5.26 Å². The Labute approximate surface area is 373 Å². The van der Waals surface area contributed by atoms with Crippen LogP contribution in [0.25, 0.3) is 104 Å². The van der Waals surface area contributed by atoms with Gasteiger partial charge in [0.1, 0.15) is 0 Å². The third kappa shape index (κ3) is 6.10. The number of para-hydroxylation sites is 2. The van der Waals surface area contributed by atoms with E-state index in [1.54, 1.807) is 0 Å². The second kappa shape index (κ2) is 14.3. The van der Waals surface area contributed by atoms with Crippen LogP contribution in [0.5, 0.6) is 0 Å². The molecule has 4 nitrogen and oxygen atoms in total. The number of aromatic nitrogens is 2. The van der Waals surface area contributed by atoms with Crippen LogP contribution in [0.1, 0.15) is 58.2 Å². The lowest BCUT2D eigenvalue weighted by atomic mass is 9.73. The molecule has 11 rings (SSSR count). The predicted molar refractivity (Wildman–Crippen MR) is 269 cm³/mol. The zero-order valence-electron chi connectivity index (χ0n) is 37.0. The minimum absolute atomic E-state index is 0.158. The summed E-state index contributed by atoms with van der Waals surface area (Å²) in [4.78, 5) is 3.78. The number of benzene rings is 9. The Kier molecular flexibility index (Phi) is 8.72. The Morgan fingerprint density at radius 1 is 0.406 bits per heavy atom. The normalized spacial score (nSPS) is 12.2. The molecule has 9 aromatic carbocycles. The van der Waals surface area contributed by atoms with Crippen LogP contribution in [-0.2, 0) is 10.8 Å². The fourth-order valence-corrected chi connectivity index (χ4v) is 10.4. The second-order valence-corrected chi connectivity index (χ2v) is 19.2. The van der Waals surface area contributed by atoms with Crippen molar-refractivity contribution >= 4 is 70.8 Å². The minimum Gasteiger partial charge on any atom is -0.310 e. The lowest BCUT2D eigenvalue weighted by molar-refractivity contribution is 0.593. The Balaban J connectivity index is 1.13. The van der Waals surface area contributed by atoms with Crippen LogP contribution in [-0.4, -0.2) is 9.13 Å². The van der Waals surface area contributed by atoms with Gasteiger partial charge in [-0.05, 0) is 132 Å². The van der Waals surface area contributed by atoms with Gasteiger partial charge in [-0.25, -0.2) is 4.85 Å². The summed E-state index contributed by atoms with van der Waals surface area (Å²) in [5.41, 5.74) is 14.7. The molecule has 0 radical (unpaired) electrons. The van der Waals surface area contributed by atoms with E-state index in [0.717, 1.165) is 60.7 Å². The molecule has 0 bridgehead atoms. The highest BCUT2D eigenvalue weighted by Gasteiger charge is 2.28. The molecule has 11 aromatic rings. The van der Waals surface area contributed by atoms with Crippen molar-refractivity contribution in [3.8, 4) is 39.7 Å². The van der Waals surface area contributed by atoms with Crippen molar-refractivity contribution in [2.45, 2.75) is 52.4 Å². The Hall–Kier alpha value is -7.92. The van der Waals surface area contributed by atoms with Gasteiger partial charge in [-0.1, -0.05) is 145 Å². The molecule has 0 fully saturated rings. The molecular weight excluding hydrogens is 777 g/mol. The van der Waals surface area contributed by atoms with Gasteiger partial charge in [-0.3, -0.25) is 0 Å². The summed E-state index contributed by atoms with van der Waals surface area (Å²) in [6.07, 6.45) is 0. The quantitative estimate of drug-likeness (QED) is 0.129. The van der Waals surface area contributed by atoms with Crippen molar-refractivity contribution in [1.29, 1.82) is 5.26 Å². The van der Waals surface area contributed by atoms with E-state index >= 15 is 0 Å². The number of nitriles is 1. The molecule has 0 aliphatic rings. The zero-order chi connectivity index (χ0) is 44.1. The summed E-state index contributed by atoms with van der Waals surface area (Å²) in [7, 11) is 0. The molecule has 0 atom stereocenters. The van der Waals surface area contributed by atoms with E-state index in [1.807, 2.05) is 36.4 Å². The van der Waals surface area contributed by atoms with Crippen LogP contribution < -0.4 is 0 Å². The van der Waals surface area contributed by atoms with Crippen molar-refractivity contribution < 1.29 is 0 Å². The number of rotatable bonds is 4. The topological polar surface area (TPSA) is 38.0 Å². The smallest absolute Gasteiger partial charge is 0.189 e. The molecule has 0 aliphatic heterocycles. The zero-order valence-corrected chi connectivity index (χ0v) is 37.0. The number of fused-ring (bicyclic) bond motifs is 8. The van der Waals surface area contributed by atoms with Gasteiger partial charge < -0.3 is 9.13 Å². The lowest BCUT2D eigenvalue weighted by Crippen LogP contribution is -2.17. The average molecular weight is 823 g/mol. The lowest BCUT2D eigenvalue weighted by Gasteiger charge is -2.31. The molecule has 0 aliphatic carbocycles. The largest absolute Gasteiger partial charge is 0.310 e. The highest BCUT2D eigenvalue weighted by molar-refractivity contribution is 6.14. The van der Waals surface area contributed by atoms with E-state index in [4.69, 9.17) is 6.57 Å². The average Bonchev–Trinajstić information content (AvgIpc) is 3.81. The summed E-state index contributed by atoms with van der Waals surface area (Å²) in [6, 6.07) is 63.2. The van der Waals surface area contributed by atoms with E-state index in [1.165, 1.54) is 49.2 Å². The van der Waals surface area contributed by atoms with Gasteiger partial charge in [0.05, 0.1) is 34.8 Å². The fourth-order valence-electron chi connectivity index (χ4n) is 10.4. The van der Waals surface area contributed by atoms with Crippen molar-refractivity contribution in [3.63, 3.8) is 0 Å². The monoisotopic (exact) mass is 822 g/mol. The standard InChI is InChI=1S/C60H46N4/c1-59(2,3)57-50-28-22-39(41-20-26-47-48-29-23-42(62-7)35-56(48)64(55(47)34-41)44-16-12-9-13-17-44)32-52(50)58(60(4,5)6)49-27-21-38(31-51(49)57)40-19-25-46-45-24-18-37(36-61)30-53(45)63(54(46)33-40)43-14-10-8-11-15-43/h8-35H,1-6H3. The number of hydrogen-bond acceptors (Lipinski definition) is 1. The molecule has 0 saturated heterocycles. The van der Waals surface area contributed by atoms with E-state index < -0.39 is 0 Å². The second-order valence-electron chi connectivity index (χ2n) is 19.2. The maximum absolute atomic E-state index is 9.84. The minimum atomic E-state index is -0.158. The highest BCUT2D eigenvalue weighted by atomic mass is 15.0. The summed E-state index contributed by atoms with van der Waals surface area (Å²) in [6.45, 7) is 21.8. The van der Waals surface area contributed by atoms with Crippen LogP contribution >= 0.6 is 0 Å². The SMILES string of the molecule is [C-]#[N+]c1ccc2c3ccc(-c4ccc5c(C(C)(C)C)c6cc(-c7ccc8c9ccc(C#N)cc9n(-c9ccccc9)c8c7)ccc6c(C(C)(C)C)c5c4)cc3n(-c3ccccc3)c2c1. The summed E-state index contributed by atoms with van der Waals surface area (Å²) < 4.78 is 4.60. The molecule has 2 aromatic heterocycles. The van der Waals surface area contributed by atoms with Crippen molar-refractivity contribution in [2.75, 3.05) is 0 Å². The van der Waals surface area contributed by atoms with Crippen LogP contribution in [0.15, 0.2) is 170 Å². The van der Waals surface area contributed by atoms with Crippen LogP contribution in [0, 0.1) is 17.9 Å². The number of nitrogens with zero attached hydrogens (tertiary/aromatic N) is 4. The Morgan fingerprint density at radius 2 is 0.781 bits per heavy atom. The third-order valence-corrected chi connectivity index (χ3v) is 13.1. The molecule has 2 heterocycles. The molecule has 0 N–H and O–H groups in total. The first kappa shape index (κ1) is 39.0.